The van der Waals surface area contributed by atoms with Crippen LogP contribution in [0.5, 0.6) is 0 Å². The molecule has 0 radical (unpaired) electrons. The lowest BCUT2D eigenvalue weighted by atomic mass is 10.2. The van der Waals surface area contributed by atoms with Crippen molar-refractivity contribution in [3.05, 3.63) is 4.91 Å². The van der Waals surface area contributed by atoms with Gasteiger partial charge in [0.2, 0.25) is 0 Å². The third-order valence-corrected chi connectivity index (χ3v) is 1.20. The van der Waals surface area contributed by atoms with Gasteiger partial charge in [-0.3, -0.25) is 0 Å². The highest BCUT2D eigenvalue weighted by molar-refractivity contribution is 4.64. The van der Waals surface area contributed by atoms with Crippen LogP contribution in [-0.2, 0) is 0 Å². The molecule has 0 heterocycles. The standard InChI is InChI=1S/C6H14N2O/c1-4-6(7-9)5-8(2)3/h6H,4-5H2,1-3H3. The van der Waals surface area contributed by atoms with Crippen LogP contribution in [-0.4, -0.2) is 31.6 Å². The summed E-state index contributed by atoms with van der Waals surface area (Å²) in [5.41, 5.74) is 0. The third kappa shape index (κ3) is 4.09. The van der Waals surface area contributed by atoms with Gasteiger partial charge in [0.1, 0.15) is 6.04 Å². The second-order valence-electron chi connectivity index (χ2n) is 2.43. The van der Waals surface area contributed by atoms with Crippen molar-refractivity contribution in [1.82, 2.24) is 4.90 Å². The van der Waals surface area contributed by atoms with Gasteiger partial charge in [0.25, 0.3) is 0 Å². The molecule has 0 aliphatic heterocycles. The molecular formula is C6H14N2O. The van der Waals surface area contributed by atoms with Crippen LogP contribution in [0.25, 0.3) is 0 Å². The van der Waals surface area contributed by atoms with Gasteiger partial charge in [-0.2, -0.15) is 4.91 Å². The maximum atomic E-state index is 9.99. The number of hydrogen-bond acceptors (Lipinski definition) is 3. The van der Waals surface area contributed by atoms with Crippen LogP contribution in [0.2, 0.25) is 0 Å². The van der Waals surface area contributed by atoms with E-state index in [2.05, 4.69) is 5.18 Å². The van der Waals surface area contributed by atoms with Crippen LogP contribution in [0.3, 0.4) is 0 Å². The van der Waals surface area contributed by atoms with Crippen molar-refractivity contribution in [1.29, 1.82) is 0 Å². The van der Waals surface area contributed by atoms with Gasteiger partial charge in [-0.15, -0.1) is 0 Å². The van der Waals surface area contributed by atoms with Crippen LogP contribution < -0.4 is 0 Å². The van der Waals surface area contributed by atoms with Gasteiger partial charge in [0, 0.05) is 6.54 Å². The van der Waals surface area contributed by atoms with Crippen LogP contribution in [0.4, 0.5) is 0 Å². The maximum Gasteiger partial charge on any atom is 0.104 e. The Hall–Kier alpha value is -0.440. The predicted octanol–water partition coefficient (Wildman–Crippen LogP) is 1.09. The minimum atomic E-state index is -0.0278. The van der Waals surface area contributed by atoms with Crippen LogP contribution in [0, 0.1) is 4.91 Å². The number of hydrogen-bond donors (Lipinski definition) is 0. The highest BCUT2D eigenvalue weighted by Crippen LogP contribution is 1.96. The zero-order valence-corrected chi connectivity index (χ0v) is 6.29. The lowest BCUT2D eigenvalue weighted by molar-refractivity contribution is 0.368. The van der Waals surface area contributed by atoms with E-state index >= 15 is 0 Å². The van der Waals surface area contributed by atoms with E-state index < -0.39 is 0 Å². The van der Waals surface area contributed by atoms with Gasteiger partial charge in [-0.1, -0.05) is 12.1 Å². The number of nitrogens with zero attached hydrogens (tertiary/aromatic N) is 2. The van der Waals surface area contributed by atoms with Gasteiger partial charge in [0.15, 0.2) is 0 Å². The van der Waals surface area contributed by atoms with Crippen LogP contribution in [0.15, 0.2) is 5.18 Å². The molecule has 0 spiro atoms. The summed E-state index contributed by atoms with van der Waals surface area (Å²) in [5.74, 6) is 0. The van der Waals surface area contributed by atoms with Crippen molar-refractivity contribution >= 4 is 0 Å². The summed E-state index contributed by atoms with van der Waals surface area (Å²) in [6, 6.07) is -0.0278. The van der Waals surface area contributed by atoms with Crippen LogP contribution in [0.1, 0.15) is 13.3 Å². The summed E-state index contributed by atoms with van der Waals surface area (Å²) in [6.07, 6.45) is 0.835. The largest absolute Gasteiger partial charge is 0.307 e. The first-order valence-electron chi connectivity index (χ1n) is 3.18. The summed E-state index contributed by atoms with van der Waals surface area (Å²) in [4.78, 5) is 12.0. The molecule has 3 nitrogen and oxygen atoms in total. The van der Waals surface area contributed by atoms with E-state index in [9.17, 15) is 4.91 Å². The van der Waals surface area contributed by atoms with Gasteiger partial charge in [-0.25, -0.2) is 0 Å². The maximum absolute atomic E-state index is 9.99. The van der Waals surface area contributed by atoms with Crippen molar-refractivity contribution in [2.24, 2.45) is 5.18 Å². The summed E-state index contributed by atoms with van der Waals surface area (Å²) < 4.78 is 0. The lowest BCUT2D eigenvalue weighted by Crippen LogP contribution is -2.23. The Bertz CT molecular complexity index is 83.1. The first-order chi connectivity index (χ1) is 4.20. The molecule has 1 unspecified atom stereocenters. The molecule has 0 aromatic rings. The van der Waals surface area contributed by atoms with Gasteiger partial charge < -0.3 is 4.90 Å². The molecule has 0 bridgehead atoms. The minimum absolute atomic E-state index is 0.0278. The van der Waals surface area contributed by atoms with E-state index in [-0.39, 0.29) is 6.04 Å². The summed E-state index contributed by atoms with van der Waals surface area (Å²) in [5, 5.41) is 2.96. The lowest BCUT2D eigenvalue weighted by Gasteiger charge is -2.11. The molecule has 0 saturated heterocycles. The highest BCUT2D eigenvalue weighted by atomic mass is 16.3. The molecule has 0 fully saturated rings. The summed E-state index contributed by atoms with van der Waals surface area (Å²) in [7, 11) is 3.88. The molecule has 0 aliphatic rings. The average molecular weight is 130 g/mol. The van der Waals surface area contributed by atoms with E-state index in [4.69, 9.17) is 0 Å². The molecule has 0 aromatic heterocycles. The zero-order chi connectivity index (χ0) is 7.28. The fourth-order valence-corrected chi connectivity index (χ4v) is 0.658. The van der Waals surface area contributed by atoms with E-state index in [0.717, 1.165) is 13.0 Å². The normalized spacial score (nSPS) is 13.8. The Balaban J connectivity index is 3.42. The average Bonchev–Trinajstić information content (AvgIpc) is 1.82. The Morgan fingerprint density at radius 3 is 2.22 bits per heavy atom. The van der Waals surface area contributed by atoms with Gasteiger partial charge in [-0.05, 0) is 20.5 Å². The van der Waals surface area contributed by atoms with Crippen molar-refractivity contribution in [2.45, 2.75) is 19.4 Å². The third-order valence-electron chi connectivity index (χ3n) is 1.20. The fraction of sp³-hybridized carbons (Fsp3) is 1.00. The molecule has 54 valence electrons. The van der Waals surface area contributed by atoms with E-state index in [1.165, 1.54) is 0 Å². The molecule has 0 aromatic carbocycles. The second-order valence-corrected chi connectivity index (χ2v) is 2.43. The van der Waals surface area contributed by atoms with E-state index in [1.54, 1.807) is 0 Å². The molecule has 1 atom stereocenters. The second kappa shape index (κ2) is 4.44. The summed E-state index contributed by atoms with van der Waals surface area (Å²) in [6.45, 7) is 2.73. The number of nitroso groups, excluding NO2 is 1. The SMILES string of the molecule is CCC(CN(C)C)N=O. The molecule has 0 amide bonds. The first-order valence-corrected chi connectivity index (χ1v) is 3.18. The Morgan fingerprint density at radius 2 is 2.11 bits per heavy atom. The van der Waals surface area contributed by atoms with Crippen molar-refractivity contribution < 1.29 is 0 Å². The van der Waals surface area contributed by atoms with Crippen molar-refractivity contribution in [2.75, 3.05) is 20.6 Å². The smallest absolute Gasteiger partial charge is 0.104 e. The number of rotatable bonds is 4. The van der Waals surface area contributed by atoms with Crippen molar-refractivity contribution in [3.8, 4) is 0 Å². The molecule has 0 rings (SSSR count). The monoisotopic (exact) mass is 130 g/mol. The first kappa shape index (κ1) is 8.56. The molecule has 0 N–H and O–H groups in total. The number of likely N-dealkylation sites (N-methyl/N-ethyl adjacent to an activating group) is 1. The fourth-order valence-electron chi connectivity index (χ4n) is 0.658. The van der Waals surface area contributed by atoms with E-state index in [1.807, 2.05) is 25.9 Å². The topological polar surface area (TPSA) is 32.7 Å². The zero-order valence-electron chi connectivity index (χ0n) is 6.29. The highest BCUT2D eigenvalue weighted by Gasteiger charge is 2.04. The molecule has 0 aliphatic carbocycles. The minimum Gasteiger partial charge on any atom is -0.307 e. The summed E-state index contributed by atoms with van der Waals surface area (Å²) >= 11 is 0. The van der Waals surface area contributed by atoms with Crippen LogP contribution >= 0.6 is 0 Å². The van der Waals surface area contributed by atoms with Gasteiger partial charge >= 0.3 is 0 Å². The Kier molecular flexibility index (Phi) is 4.22. The quantitative estimate of drug-likeness (QED) is 0.534. The Morgan fingerprint density at radius 1 is 1.56 bits per heavy atom. The molecule has 0 saturated carbocycles. The van der Waals surface area contributed by atoms with Crippen molar-refractivity contribution in [3.63, 3.8) is 0 Å². The van der Waals surface area contributed by atoms with E-state index in [0.29, 0.717) is 0 Å². The molecule has 9 heavy (non-hydrogen) atoms. The molecular weight excluding hydrogens is 116 g/mol. The predicted molar refractivity (Wildman–Crippen MR) is 38.4 cm³/mol. The molecule has 3 heteroatoms. The van der Waals surface area contributed by atoms with Gasteiger partial charge in [0.05, 0.1) is 0 Å². The Labute approximate surface area is 56.0 Å².